The molecule has 0 amide bonds. The van der Waals surface area contributed by atoms with Crippen LogP contribution in [0.15, 0.2) is 18.2 Å². The highest BCUT2D eigenvalue weighted by Crippen LogP contribution is 2.22. The Bertz CT molecular complexity index is 521. The Hall–Kier alpha value is -1.88. The van der Waals surface area contributed by atoms with Crippen molar-refractivity contribution in [2.24, 2.45) is 5.92 Å². The summed E-state index contributed by atoms with van der Waals surface area (Å²) >= 11 is 0. The zero-order valence-electron chi connectivity index (χ0n) is 13.0. The monoisotopic (exact) mass is 305 g/mol. The average Bonchev–Trinajstić information content (AvgIpc) is 2.53. The van der Waals surface area contributed by atoms with Gasteiger partial charge in [0.05, 0.1) is 18.1 Å². The van der Waals surface area contributed by atoms with Gasteiger partial charge in [-0.25, -0.2) is 0 Å². The molecule has 1 aromatic rings. The molecule has 0 saturated carbocycles. The lowest BCUT2D eigenvalue weighted by Gasteiger charge is -2.30. The third-order valence-electron chi connectivity index (χ3n) is 4.20. The second kappa shape index (κ2) is 7.94. The van der Waals surface area contributed by atoms with Gasteiger partial charge < -0.3 is 14.7 Å². The molecule has 0 unspecified atom stereocenters. The maximum atomic E-state index is 11.7. The number of hydrogen-bond donors (Lipinski definition) is 1. The first-order chi connectivity index (χ1) is 10.7. The van der Waals surface area contributed by atoms with Gasteiger partial charge in [0, 0.05) is 6.54 Å². The van der Waals surface area contributed by atoms with Crippen LogP contribution >= 0.6 is 0 Å². The van der Waals surface area contributed by atoms with E-state index < -0.39 is 0 Å². The number of nitrogens with zero attached hydrogens (tertiary/aromatic N) is 1. The van der Waals surface area contributed by atoms with Gasteiger partial charge in [-0.15, -0.1) is 0 Å². The van der Waals surface area contributed by atoms with E-state index in [0.717, 1.165) is 38.0 Å². The van der Waals surface area contributed by atoms with Crippen molar-refractivity contribution in [3.8, 4) is 5.75 Å². The molecule has 0 aromatic heterocycles. The molecule has 1 aromatic carbocycles. The minimum absolute atomic E-state index is 0.0162. The molecular weight excluding hydrogens is 282 g/mol. The van der Waals surface area contributed by atoms with E-state index in [1.165, 1.54) is 6.07 Å². The minimum atomic E-state index is -0.0848. The van der Waals surface area contributed by atoms with Gasteiger partial charge in [-0.2, -0.15) is 0 Å². The molecule has 0 aliphatic carbocycles. The van der Waals surface area contributed by atoms with Crippen LogP contribution in [0.25, 0.3) is 0 Å². The van der Waals surface area contributed by atoms with E-state index in [9.17, 15) is 14.7 Å². The van der Waals surface area contributed by atoms with Gasteiger partial charge in [0.25, 0.3) is 0 Å². The number of carbonyl (C=O) groups excluding carboxylic acids is 2. The molecule has 0 spiro atoms. The summed E-state index contributed by atoms with van der Waals surface area (Å²) in [5, 5.41) is 9.68. The second-order valence-corrected chi connectivity index (χ2v) is 5.59. The van der Waals surface area contributed by atoms with Gasteiger partial charge in [0.15, 0.2) is 6.29 Å². The number of aromatic hydroxyl groups is 1. The number of benzene rings is 1. The van der Waals surface area contributed by atoms with Crippen LogP contribution in [0.2, 0.25) is 0 Å². The van der Waals surface area contributed by atoms with Crippen LogP contribution in [0.3, 0.4) is 0 Å². The molecule has 1 heterocycles. The quantitative estimate of drug-likeness (QED) is 0.643. The molecule has 5 nitrogen and oxygen atoms in total. The molecule has 0 atom stereocenters. The first-order valence-electron chi connectivity index (χ1n) is 7.80. The smallest absolute Gasteiger partial charge is 0.309 e. The Kier molecular flexibility index (Phi) is 5.95. The van der Waals surface area contributed by atoms with Gasteiger partial charge in [0.2, 0.25) is 0 Å². The van der Waals surface area contributed by atoms with Gasteiger partial charge in [-0.3, -0.25) is 9.59 Å². The van der Waals surface area contributed by atoms with Crippen molar-refractivity contribution in [2.45, 2.75) is 26.2 Å². The van der Waals surface area contributed by atoms with E-state index in [-0.39, 0.29) is 17.6 Å². The molecule has 120 valence electrons. The second-order valence-electron chi connectivity index (χ2n) is 5.59. The highest BCUT2D eigenvalue weighted by Gasteiger charge is 2.25. The summed E-state index contributed by atoms with van der Waals surface area (Å²) in [5.41, 5.74) is 1.24. The van der Waals surface area contributed by atoms with Crippen LogP contribution in [-0.2, 0) is 16.0 Å². The van der Waals surface area contributed by atoms with Gasteiger partial charge >= 0.3 is 5.97 Å². The number of carbonyl (C=O) groups is 2. The lowest BCUT2D eigenvalue weighted by Crippen LogP contribution is -2.38. The van der Waals surface area contributed by atoms with E-state index in [2.05, 4.69) is 4.90 Å². The van der Waals surface area contributed by atoms with E-state index >= 15 is 0 Å². The Morgan fingerprint density at radius 1 is 1.41 bits per heavy atom. The van der Waals surface area contributed by atoms with E-state index in [4.69, 9.17) is 4.74 Å². The lowest BCUT2D eigenvalue weighted by atomic mass is 9.96. The summed E-state index contributed by atoms with van der Waals surface area (Å²) in [4.78, 5) is 25.0. The van der Waals surface area contributed by atoms with E-state index in [1.54, 1.807) is 6.07 Å². The summed E-state index contributed by atoms with van der Waals surface area (Å²) < 4.78 is 5.07. The fourth-order valence-electron chi connectivity index (χ4n) is 2.88. The number of esters is 1. The topological polar surface area (TPSA) is 66.8 Å². The summed E-state index contributed by atoms with van der Waals surface area (Å²) in [6.07, 6.45) is 3.06. The highest BCUT2D eigenvalue weighted by atomic mass is 16.5. The van der Waals surface area contributed by atoms with Gasteiger partial charge in [-0.05, 0) is 50.9 Å². The third kappa shape index (κ3) is 4.07. The average molecular weight is 305 g/mol. The molecule has 1 saturated heterocycles. The van der Waals surface area contributed by atoms with Crippen molar-refractivity contribution in [3.63, 3.8) is 0 Å². The van der Waals surface area contributed by atoms with Crippen LogP contribution in [0.4, 0.5) is 0 Å². The number of phenols is 1. The number of hydrogen-bond acceptors (Lipinski definition) is 5. The third-order valence-corrected chi connectivity index (χ3v) is 4.20. The van der Waals surface area contributed by atoms with Crippen molar-refractivity contribution in [1.82, 2.24) is 4.90 Å². The van der Waals surface area contributed by atoms with Crippen molar-refractivity contribution in [3.05, 3.63) is 29.3 Å². The Morgan fingerprint density at radius 3 is 2.77 bits per heavy atom. The number of piperidine rings is 1. The number of ether oxygens (including phenoxy) is 1. The maximum Gasteiger partial charge on any atom is 0.309 e. The molecule has 0 bridgehead atoms. The zero-order valence-corrected chi connectivity index (χ0v) is 13.0. The Balaban J connectivity index is 1.83. The predicted octanol–water partition coefficient (Wildman–Crippen LogP) is 2.02. The van der Waals surface area contributed by atoms with Crippen molar-refractivity contribution in [2.75, 3.05) is 26.2 Å². The fraction of sp³-hybridized carbons (Fsp3) is 0.529. The highest BCUT2D eigenvalue weighted by molar-refractivity contribution is 5.81. The summed E-state index contributed by atoms with van der Waals surface area (Å²) in [6.45, 7) is 4.80. The minimum Gasteiger partial charge on any atom is -0.507 e. The van der Waals surface area contributed by atoms with Gasteiger partial charge in [-0.1, -0.05) is 12.1 Å². The molecule has 1 aliphatic heterocycles. The van der Waals surface area contributed by atoms with E-state index in [0.29, 0.717) is 24.9 Å². The predicted molar refractivity (Wildman–Crippen MR) is 83.0 cm³/mol. The molecule has 5 heteroatoms. The standard InChI is InChI=1S/C17H23NO4/c1-2-22-17(21)14-7-10-18(11-8-14)9-6-13-4-3-5-16(20)15(13)12-19/h3-5,12,14,20H,2,6-11H2,1H3. The van der Waals surface area contributed by atoms with Crippen molar-refractivity contribution in [1.29, 1.82) is 0 Å². The molecule has 1 aliphatic rings. The summed E-state index contributed by atoms with van der Waals surface area (Å²) in [6, 6.07) is 5.15. The molecule has 1 fully saturated rings. The normalized spacial score (nSPS) is 16.4. The largest absolute Gasteiger partial charge is 0.507 e. The number of likely N-dealkylation sites (tertiary alicyclic amines) is 1. The molecule has 0 radical (unpaired) electrons. The Morgan fingerprint density at radius 2 is 2.14 bits per heavy atom. The van der Waals surface area contributed by atoms with Crippen molar-refractivity contribution >= 4 is 12.3 Å². The summed E-state index contributed by atoms with van der Waals surface area (Å²) in [5.74, 6) is -0.0330. The SMILES string of the molecule is CCOC(=O)C1CCN(CCc2cccc(O)c2C=O)CC1. The fourth-order valence-corrected chi connectivity index (χ4v) is 2.88. The van der Waals surface area contributed by atoms with Crippen LogP contribution in [0.1, 0.15) is 35.7 Å². The first-order valence-corrected chi connectivity index (χ1v) is 7.80. The molecular formula is C17H23NO4. The molecule has 2 rings (SSSR count). The van der Waals surface area contributed by atoms with Crippen LogP contribution < -0.4 is 0 Å². The summed E-state index contributed by atoms with van der Waals surface area (Å²) in [7, 11) is 0. The number of phenolic OH excluding ortho intramolecular Hbond substituents is 1. The van der Waals surface area contributed by atoms with E-state index in [1.807, 2.05) is 13.0 Å². The maximum absolute atomic E-state index is 11.7. The van der Waals surface area contributed by atoms with Crippen molar-refractivity contribution < 1.29 is 19.4 Å². The Labute approximate surface area is 130 Å². The number of rotatable bonds is 6. The lowest BCUT2D eigenvalue weighted by molar-refractivity contribution is -0.149. The first kappa shape index (κ1) is 16.5. The molecule has 1 N–H and O–H groups in total. The molecule has 22 heavy (non-hydrogen) atoms. The number of aldehydes is 1. The zero-order chi connectivity index (χ0) is 15.9. The van der Waals surface area contributed by atoms with Gasteiger partial charge in [0.1, 0.15) is 5.75 Å². The van der Waals surface area contributed by atoms with Crippen LogP contribution in [0.5, 0.6) is 5.75 Å². The van der Waals surface area contributed by atoms with Crippen LogP contribution in [-0.4, -0.2) is 48.5 Å². The van der Waals surface area contributed by atoms with Crippen LogP contribution in [0, 0.1) is 5.92 Å².